The predicted octanol–water partition coefficient (Wildman–Crippen LogP) is 3.29. The molecule has 0 spiro atoms. The number of nitrogens with zero attached hydrogens (tertiary/aromatic N) is 2. The summed E-state index contributed by atoms with van der Waals surface area (Å²) in [5.41, 5.74) is 3.49. The molecule has 2 rings (SSSR count). The van der Waals surface area contributed by atoms with Crippen molar-refractivity contribution in [2.24, 2.45) is 5.10 Å². The lowest BCUT2D eigenvalue weighted by atomic mass is 10.3. The monoisotopic (exact) mass is 265 g/mol. The summed E-state index contributed by atoms with van der Waals surface area (Å²) in [6, 6.07) is 9.68. The number of halogens is 1. The second kappa shape index (κ2) is 5.33. The van der Waals surface area contributed by atoms with Crippen molar-refractivity contribution >= 4 is 29.4 Å². The van der Waals surface area contributed by atoms with Gasteiger partial charge in [0.2, 0.25) is 0 Å². The van der Waals surface area contributed by atoms with Crippen molar-refractivity contribution in [2.75, 3.05) is 5.43 Å². The van der Waals surface area contributed by atoms with Crippen molar-refractivity contribution in [3.63, 3.8) is 0 Å². The third-order valence-electron chi connectivity index (χ3n) is 2.02. The first kappa shape index (κ1) is 12.1. The minimum atomic E-state index is -0.607. The van der Waals surface area contributed by atoms with Crippen LogP contribution in [0.4, 0.5) is 11.6 Å². The molecule has 0 saturated carbocycles. The van der Waals surface area contributed by atoms with Gasteiger partial charge < -0.3 is 4.42 Å². The van der Waals surface area contributed by atoms with Crippen LogP contribution in [-0.4, -0.2) is 11.1 Å². The van der Waals surface area contributed by atoms with E-state index in [4.69, 9.17) is 16.0 Å². The lowest BCUT2D eigenvalue weighted by Crippen LogP contribution is -1.89. The van der Waals surface area contributed by atoms with Gasteiger partial charge in [0.1, 0.15) is 4.92 Å². The number of anilines is 1. The van der Waals surface area contributed by atoms with Crippen molar-refractivity contribution in [3.05, 3.63) is 57.3 Å². The topological polar surface area (TPSA) is 80.7 Å². The molecule has 92 valence electrons. The molecule has 0 aliphatic carbocycles. The molecule has 0 amide bonds. The van der Waals surface area contributed by atoms with E-state index in [0.717, 1.165) is 5.69 Å². The highest BCUT2D eigenvalue weighted by Gasteiger charge is 2.09. The Labute approximate surface area is 107 Å². The minimum Gasteiger partial charge on any atom is -0.400 e. The van der Waals surface area contributed by atoms with Crippen LogP contribution in [0.5, 0.6) is 0 Å². The highest BCUT2D eigenvalue weighted by atomic mass is 35.5. The maximum Gasteiger partial charge on any atom is 0.433 e. The Kier molecular flexibility index (Phi) is 3.59. The van der Waals surface area contributed by atoms with E-state index in [1.54, 1.807) is 24.3 Å². The van der Waals surface area contributed by atoms with E-state index in [9.17, 15) is 10.1 Å². The van der Waals surface area contributed by atoms with Gasteiger partial charge in [-0.3, -0.25) is 15.5 Å². The van der Waals surface area contributed by atoms with E-state index in [2.05, 4.69) is 10.5 Å². The third kappa shape index (κ3) is 3.08. The van der Waals surface area contributed by atoms with Gasteiger partial charge in [-0.15, -0.1) is 0 Å². The molecular formula is C11H8ClN3O3. The maximum atomic E-state index is 10.4. The number of hydrazone groups is 1. The van der Waals surface area contributed by atoms with E-state index >= 15 is 0 Å². The van der Waals surface area contributed by atoms with Gasteiger partial charge >= 0.3 is 5.88 Å². The number of rotatable bonds is 4. The molecule has 1 heterocycles. The Morgan fingerprint density at radius 1 is 1.28 bits per heavy atom. The average Bonchev–Trinajstić information content (AvgIpc) is 2.81. The smallest absolute Gasteiger partial charge is 0.400 e. The second-order valence-electron chi connectivity index (χ2n) is 3.31. The summed E-state index contributed by atoms with van der Waals surface area (Å²) in [7, 11) is 0. The molecule has 0 saturated heterocycles. The fourth-order valence-corrected chi connectivity index (χ4v) is 1.33. The molecule has 0 radical (unpaired) electrons. The van der Waals surface area contributed by atoms with Crippen molar-refractivity contribution < 1.29 is 9.34 Å². The van der Waals surface area contributed by atoms with E-state index in [1.807, 2.05) is 0 Å². The molecule has 0 bridgehead atoms. The number of hydrogen-bond acceptors (Lipinski definition) is 5. The normalized spacial score (nSPS) is 10.7. The predicted molar refractivity (Wildman–Crippen MR) is 68.0 cm³/mol. The molecule has 1 N–H and O–H groups in total. The molecule has 0 fully saturated rings. The summed E-state index contributed by atoms with van der Waals surface area (Å²) in [4.78, 5) is 9.77. The first-order valence-corrected chi connectivity index (χ1v) is 5.32. The Balaban J connectivity index is 1.98. The SMILES string of the molecule is O=[N+]([O-])c1ccc(/C=N\Nc2ccc(Cl)cc2)o1. The zero-order valence-electron chi connectivity index (χ0n) is 9.04. The van der Waals surface area contributed by atoms with Crippen LogP contribution in [-0.2, 0) is 0 Å². The Morgan fingerprint density at radius 2 is 2.00 bits per heavy atom. The first-order chi connectivity index (χ1) is 8.65. The number of nitro groups is 1. The number of hydrogen-bond donors (Lipinski definition) is 1. The zero-order chi connectivity index (χ0) is 13.0. The fraction of sp³-hybridized carbons (Fsp3) is 0. The van der Waals surface area contributed by atoms with Crippen LogP contribution < -0.4 is 5.43 Å². The molecule has 0 unspecified atom stereocenters. The van der Waals surface area contributed by atoms with Gasteiger partial charge in [-0.05, 0) is 30.3 Å². The quantitative estimate of drug-likeness (QED) is 0.522. The van der Waals surface area contributed by atoms with Crippen LogP contribution in [0.25, 0.3) is 0 Å². The molecule has 7 heteroatoms. The molecule has 0 aliphatic heterocycles. The lowest BCUT2D eigenvalue weighted by molar-refractivity contribution is -0.402. The van der Waals surface area contributed by atoms with E-state index in [-0.39, 0.29) is 5.88 Å². The zero-order valence-corrected chi connectivity index (χ0v) is 9.79. The van der Waals surface area contributed by atoms with Crippen LogP contribution in [0.2, 0.25) is 5.02 Å². The lowest BCUT2D eigenvalue weighted by Gasteiger charge is -1.98. The first-order valence-electron chi connectivity index (χ1n) is 4.94. The van der Waals surface area contributed by atoms with Crippen molar-refractivity contribution in [1.82, 2.24) is 0 Å². The van der Waals surface area contributed by atoms with Crippen molar-refractivity contribution in [3.8, 4) is 0 Å². The third-order valence-corrected chi connectivity index (χ3v) is 2.27. The second-order valence-corrected chi connectivity index (χ2v) is 3.75. The summed E-state index contributed by atoms with van der Waals surface area (Å²) in [5.74, 6) is -0.0221. The molecule has 0 atom stereocenters. The van der Waals surface area contributed by atoms with E-state index in [1.165, 1.54) is 18.3 Å². The number of nitrogens with one attached hydrogen (secondary N) is 1. The summed E-state index contributed by atoms with van der Waals surface area (Å²) in [6.45, 7) is 0. The van der Waals surface area contributed by atoms with Crippen LogP contribution in [0.3, 0.4) is 0 Å². The number of furan rings is 1. The van der Waals surface area contributed by atoms with E-state index < -0.39 is 4.92 Å². The summed E-state index contributed by atoms with van der Waals surface area (Å²) >= 11 is 5.73. The van der Waals surface area contributed by atoms with Gasteiger partial charge in [-0.25, -0.2) is 0 Å². The van der Waals surface area contributed by atoms with Gasteiger partial charge in [0.05, 0.1) is 18.0 Å². The summed E-state index contributed by atoms with van der Waals surface area (Å²) in [6.07, 6.45) is 1.35. The van der Waals surface area contributed by atoms with Gasteiger partial charge in [0.25, 0.3) is 0 Å². The molecule has 2 aromatic rings. The number of benzene rings is 1. The highest BCUT2D eigenvalue weighted by molar-refractivity contribution is 6.30. The van der Waals surface area contributed by atoms with Gasteiger partial charge in [-0.2, -0.15) is 5.10 Å². The molecular weight excluding hydrogens is 258 g/mol. The molecule has 1 aromatic heterocycles. The van der Waals surface area contributed by atoms with Crippen molar-refractivity contribution in [2.45, 2.75) is 0 Å². The molecule has 6 nitrogen and oxygen atoms in total. The van der Waals surface area contributed by atoms with E-state index in [0.29, 0.717) is 10.8 Å². The fourth-order valence-electron chi connectivity index (χ4n) is 1.20. The Hall–Kier alpha value is -2.34. The van der Waals surface area contributed by atoms with Gasteiger partial charge in [0.15, 0.2) is 5.76 Å². The highest BCUT2D eigenvalue weighted by Crippen LogP contribution is 2.15. The van der Waals surface area contributed by atoms with Crippen LogP contribution in [0.1, 0.15) is 5.76 Å². The molecule has 0 aliphatic rings. The van der Waals surface area contributed by atoms with Crippen LogP contribution in [0.15, 0.2) is 45.9 Å². The largest absolute Gasteiger partial charge is 0.433 e. The van der Waals surface area contributed by atoms with Gasteiger partial charge in [0, 0.05) is 5.02 Å². The molecule has 18 heavy (non-hydrogen) atoms. The Bertz CT molecular complexity index is 577. The van der Waals surface area contributed by atoms with Gasteiger partial charge in [-0.1, -0.05) is 11.6 Å². The standard InChI is InChI=1S/C11H8ClN3O3/c12-8-1-3-9(4-2-8)14-13-7-10-5-6-11(18-10)15(16)17/h1-7,14H/b13-7-. The van der Waals surface area contributed by atoms with Crippen LogP contribution >= 0.6 is 11.6 Å². The maximum absolute atomic E-state index is 10.4. The summed E-state index contributed by atoms with van der Waals surface area (Å²) < 4.78 is 4.89. The average molecular weight is 266 g/mol. The Morgan fingerprint density at radius 3 is 2.61 bits per heavy atom. The molecule has 1 aromatic carbocycles. The summed E-state index contributed by atoms with van der Waals surface area (Å²) in [5, 5.41) is 14.9. The van der Waals surface area contributed by atoms with Crippen LogP contribution in [0, 0.1) is 10.1 Å². The van der Waals surface area contributed by atoms with Crippen molar-refractivity contribution in [1.29, 1.82) is 0 Å². The minimum absolute atomic E-state index is 0.295.